The topological polar surface area (TPSA) is 89.4 Å². The van der Waals surface area contributed by atoms with Crippen molar-refractivity contribution in [1.82, 2.24) is 15.4 Å². The number of benzene rings is 2. The van der Waals surface area contributed by atoms with Crippen LogP contribution in [-0.4, -0.2) is 23.0 Å². The molecule has 2 N–H and O–H groups in total. The number of hydrogen-bond donors (Lipinski definition) is 2. The van der Waals surface area contributed by atoms with Crippen LogP contribution in [0.15, 0.2) is 77.7 Å². The molecule has 2 amide bonds. The van der Waals surface area contributed by atoms with Gasteiger partial charge in [0.25, 0.3) is 17.4 Å². The largest absolute Gasteiger partial charge is 0.484 e. The third-order valence-corrected chi connectivity index (χ3v) is 4.19. The Morgan fingerprint density at radius 1 is 0.931 bits per heavy atom. The molecule has 1 heterocycles. The summed E-state index contributed by atoms with van der Waals surface area (Å²) in [7, 11) is 0. The number of carbonyl (C=O) groups is 2. The van der Waals surface area contributed by atoms with Gasteiger partial charge in [-0.15, -0.1) is 0 Å². The Balaban J connectivity index is 1.54. The minimum absolute atomic E-state index is 0.231. The quantitative estimate of drug-likeness (QED) is 0.609. The van der Waals surface area contributed by atoms with Gasteiger partial charge in [-0.25, -0.2) is 0 Å². The van der Waals surface area contributed by atoms with E-state index in [2.05, 4.69) is 10.9 Å². The van der Waals surface area contributed by atoms with Crippen LogP contribution in [0.3, 0.4) is 0 Å². The van der Waals surface area contributed by atoms with Crippen LogP contribution in [0.2, 0.25) is 5.02 Å². The molecule has 8 heteroatoms. The van der Waals surface area contributed by atoms with Crippen LogP contribution in [0.5, 0.6) is 5.75 Å². The number of hydrazine groups is 1. The van der Waals surface area contributed by atoms with Crippen molar-refractivity contribution < 1.29 is 14.3 Å². The highest BCUT2D eigenvalue weighted by atomic mass is 35.5. The van der Waals surface area contributed by atoms with Gasteiger partial charge in [0.05, 0.1) is 12.1 Å². The SMILES string of the molecule is O=C(COc1ccc(Cl)cc1)NNC(=O)c1ccc(=O)n(Cc2ccccc2)c1. The minimum Gasteiger partial charge on any atom is -0.484 e. The molecule has 3 rings (SSSR count). The normalized spacial score (nSPS) is 10.2. The number of nitrogens with zero attached hydrogens (tertiary/aromatic N) is 1. The minimum atomic E-state index is -0.549. The zero-order valence-corrected chi connectivity index (χ0v) is 16.1. The zero-order valence-electron chi connectivity index (χ0n) is 15.3. The summed E-state index contributed by atoms with van der Waals surface area (Å²) in [5, 5.41) is 0.558. The second-order valence-electron chi connectivity index (χ2n) is 6.11. The summed E-state index contributed by atoms with van der Waals surface area (Å²) in [6.07, 6.45) is 1.45. The number of amides is 2. The van der Waals surface area contributed by atoms with E-state index in [9.17, 15) is 14.4 Å². The summed E-state index contributed by atoms with van der Waals surface area (Å²) >= 11 is 5.78. The zero-order chi connectivity index (χ0) is 20.6. The lowest BCUT2D eigenvalue weighted by Gasteiger charge is -2.11. The second kappa shape index (κ2) is 9.57. The van der Waals surface area contributed by atoms with Gasteiger partial charge < -0.3 is 9.30 Å². The third kappa shape index (κ3) is 5.95. The van der Waals surface area contributed by atoms with Gasteiger partial charge in [-0.1, -0.05) is 41.9 Å². The number of pyridine rings is 1. The molecule has 2 aromatic carbocycles. The summed E-state index contributed by atoms with van der Waals surface area (Å²) in [6.45, 7) is 0.0531. The maximum absolute atomic E-state index is 12.3. The van der Waals surface area contributed by atoms with Crippen molar-refractivity contribution in [2.75, 3.05) is 6.61 Å². The Bertz CT molecular complexity index is 1050. The number of nitrogens with one attached hydrogen (secondary N) is 2. The fourth-order valence-electron chi connectivity index (χ4n) is 2.48. The standard InChI is InChI=1S/C21H18ClN3O4/c22-17-7-9-18(10-8-17)29-14-19(26)23-24-21(28)16-6-11-20(27)25(13-16)12-15-4-2-1-3-5-15/h1-11,13H,12,14H2,(H,23,26)(H,24,28). The van der Waals surface area contributed by atoms with E-state index in [-0.39, 0.29) is 17.7 Å². The van der Waals surface area contributed by atoms with E-state index >= 15 is 0 Å². The number of halogens is 1. The van der Waals surface area contributed by atoms with Crippen molar-refractivity contribution >= 4 is 23.4 Å². The van der Waals surface area contributed by atoms with E-state index in [1.54, 1.807) is 24.3 Å². The van der Waals surface area contributed by atoms with E-state index in [1.165, 1.54) is 22.9 Å². The van der Waals surface area contributed by atoms with Crippen molar-refractivity contribution in [1.29, 1.82) is 0 Å². The maximum Gasteiger partial charge on any atom is 0.276 e. The molecule has 0 saturated carbocycles. The van der Waals surface area contributed by atoms with Crippen molar-refractivity contribution in [2.24, 2.45) is 0 Å². The summed E-state index contributed by atoms with van der Waals surface area (Å²) in [5.41, 5.74) is 5.50. The molecule has 0 fully saturated rings. The van der Waals surface area contributed by atoms with Gasteiger partial charge in [0.2, 0.25) is 0 Å². The Morgan fingerprint density at radius 2 is 1.66 bits per heavy atom. The molecule has 0 unspecified atom stereocenters. The summed E-state index contributed by atoms with van der Waals surface area (Å²) < 4.78 is 6.72. The summed E-state index contributed by atoms with van der Waals surface area (Å²) in [5.74, 6) is -0.610. The lowest BCUT2D eigenvalue weighted by atomic mass is 10.2. The fraction of sp³-hybridized carbons (Fsp3) is 0.0952. The number of carbonyl (C=O) groups excluding carboxylic acids is 2. The molecule has 0 aliphatic rings. The van der Waals surface area contributed by atoms with E-state index < -0.39 is 11.8 Å². The maximum atomic E-state index is 12.3. The Kier molecular flexibility index (Phi) is 6.65. The molecule has 0 bridgehead atoms. The van der Waals surface area contributed by atoms with Gasteiger partial charge in [0, 0.05) is 17.3 Å². The van der Waals surface area contributed by atoms with Gasteiger partial charge in [0.15, 0.2) is 6.61 Å². The fourth-order valence-corrected chi connectivity index (χ4v) is 2.61. The molecule has 148 valence electrons. The van der Waals surface area contributed by atoms with Gasteiger partial charge in [-0.05, 0) is 35.9 Å². The first kappa shape index (κ1) is 20.2. The highest BCUT2D eigenvalue weighted by Crippen LogP contribution is 2.15. The Morgan fingerprint density at radius 3 is 2.38 bits per heavy atom. The van der Waals surface area contributed by atoms with Crippen molar-refractivity contribution in [2.45, 2.75) is 6.54 Å². The smallest absolute Gasteiger partial charge is 0.276 e. The molecule has 0 spiro atoms. The first-order valence-electron chi connectivity index (χ1n) is 8.73. The molecule has 29 heavy (non-hydrogen) atoms. The van der Waals surface area contributed by atoms with Crippen LogP contribution < -0.4 is 21.1 Å². The Hall–Kier alpha value is -3.58. The number of ether oxygens (including phenoxy) is 1. The van der Waals surface area contributed by atoms with Crippen molar-refractivity contribution in [3.05, 3.63) is 99.4 Å². The van der Waals surface area contributed by atoms with E-state index in [0.29, 0.717) is 17.3 Å². The molecule has 1 aromatic heterocycles. The van der Waals surface area contributed by atoms with Gasteiger partial charge in [0.1, 0.15) is 5.75 Å². The monoisotopic (exact) mass is 411 g/mol. The molecule has 0 radical (unpaired) electrons. The van der Waals surface area contributed by atoms with Crippen LogP contribution in [0.1, 0.15) is 15.9 Å². The number of hydrogen-bond acceptors (Lipinski definition) is 4. The number of rotatable bonds is 6. The van der Waals surface area contributed by atoms with Gasteiger partial charge >= 0.3 is 0 Å². The molecule has 3 aromatic rings. The van der Waals surface area contributed by atoms with E-state index in [1.807, 2.05) is 30.3 Å². The summed E-state index contributed by atoms with van der Waals surface area (Å²) in [4.78, 5) is 36.2. The highest BCUT2D eigenvalue weighted by molar-refractivity contribution is 6.30. The van der Waals surface area contributed by atoms with Crippen LogP contribution >= 0.6 is 11.6 Å². The van der Waals surface area contributed by atoms with Crippen LogP contribution in [0, 0.1) is 0 Å². The molecule has 0 saturated heterocycles. The van der Waals surface area contributed by atoms with Crippen LogP contribution in [0.4, 0.5) is 0 Å². The Labute approximate surface area is 171 Å². The highest BCUT2D eigenvalue weighted by Gasteiger charge is 2.10. The molecule has 0 atom stereocenters. The first-order valence-corrected chi connectivity index (χ1v) is 9.11. The van der Waals surface area contributed by atoms with Crippen LogP contribution in [0.25, 0.3) is 0 Å². The molecular weight excluding hydrogens is 394 g/mol. The van der Waals surface area contributed by atoms with Crippen molar-refractivity contribution in [3.63, 3.8) is 0 Å². The molecule has 0 aliphatic carbocycles. The van der Waals surface area contributed by atoms with Gasteiger partial charge in [-0.2, -0.15) is 0 Å². The second-order valence-corrected chi connectivity index (χ2v) is 6.55. The average molecular weight is 412 g/mol. The number of aromatic nitrogens is 1. The average Bonchev–Trinajstić information content (AvgIpc) is 2.74. The van der Waals surface area contributed by atoms with Crippen LogP contribution in [-0.2, 0) is 11.3 Å². The molecule has 7 nitrogen and oxygen atoms in total. The van der Waals surface area contributed by atoms with E-state index in [4.69, 9.17) is 16.3 Å². The summed E-state index contributed by atoms with van der Waals surface area (Å²) in [6, 6.07) is 18.7. The lowest BCUT2D eigenvalue weighted by molar-refractivity contribution is -0.123. The predicted molar refractivity (Wildman–Crippen MR) is 109 cm³/mol. The molecular formula is C21H18ClN3O4. The van der Waals surface area contributed by atoms with Gasteiger partial charge in [-0.3, -0.25) is 25.2 Å². The van der Waals surface area contributed by atoms with E-state index in [0.717, 1.165) is 5.56 Å². The predicted octanol–water partition coefficient (Wildman–Crippen LogP) is 2.39. The lowest BCUT2D eigenvalue weighted by Crippen LogP contribution is -2.44. The van der Waals surface area contributed by atoms with Crippen molar-refractivity contribution in [3.8, 4) is 5.75 Å². The first-order chi connectivity index (χ1) is 14.0. The third-order valence-electron chi connectivity index (χ3n) is 3.94. The molecule has 0 aliphatic heterocycles.